The van der Waals surface area contributed by atoms with Crippen LogP contribution in [-0.2, 0) is 10.5 Å². The lowest BCUT2D eigenvalue weighted by Crippen LogP contribution is -2.14. The van der Waals surface area contributed by atoms with Crippen LogP contribution in [0.25, 0.3) is 0 Å². The number of carbonyl (C=O) groups excluding carboxylic acids is 1. The second-order valence-electron chi connectivity index (χ2n) is 4.73. The summed E-state index contributed by atoms with van der Waals surface area (Å²) in [6.07, 6.45) is 0. The Morgan fingerprint density at radius 2 is 1.91 bits per heavy atom. The van der Waals surface area contributed by atoms with E-state index in [2.05, 4.69) is 5.32 Å². The largest absolute Gasteiger partial charge is 0.494 e. The summed E-state index contributed by atoms with van der Waals surface area (Å²) in [5.74, 6) is 1.75. The Morgan fingerprint density at radius 3 is 2.57 bits per heavy atom. The highest BCUT2D eigenvalue weighted by molar-refractivity contribution is 7.99. The lowest BCUT2D eigenvalue weighted by atomic mass is 10.2. The minimum absolute atomic E-state index is 0.0516. The average Bonchev–Trinajstić information content (AvgIpc) is 2.52. The molecule has 0 radical (unpaired) electrons. The average molecular weight is 370 g/mol. The zero-order valence-corrected chi connectivity index (χ0v) is 15.0. The van der Waals surface area contributed by atoms with Crippen LogP contribution in [0.5, 0.6) is 5.75 Å². The number of amides is 1. The number of nitrogens with one attached hydrogen (secondary N) is 1. The van der Waals surface area contributed by atoms with Gasteiger partial charge in [0, 0.05) is 21.5 Å². The molecule has 23 heavy (non-hydrogen) atoms. The highest BCUT2D eigenvalue weighted by Crippen LogP contribution is 2.24. The van der Waals surface area contributed by atoms with Gasteiger partial charge < -0.3 is 10.1 Å². The summed E-state index contributed by atoms with van der Waals surface area (Å²) in [4.78, 5) is 11.9. The molecule has 2 aromatic carbocycles. The number of halogens is 2. The van der Waals surface area contributed by atoms with Crippen molar-refractivity contribution in [2.75, 3.05) is 17.7 Å². The van der Waals surface area contributed by atoms with Gasteiger partial charge in [0.25, 0.3) is 0 Å². The molecule has 0 saturated carbocycles. The number of rotatable bonds is 7. The van der Waals surface area contributed by atoms with Gasteiger partial charge in [0.1, 0.15) is 5.75 Å². The Labute approximate surface area is 150 Å². The molecule has 2 aromatic rings. The van der Waals surface area contributed by atoms with Crippen molar-refractivity contribution in [2.45, 2.75) is 12.7 Å². The van der Waals surface area contributed by atoms with Crippen LogP contribution in [0, 0.1) is 0 Å². The van der Waals surface area contributed by atoms with Gasteiger partial charge in [0.2, 0.25) is 5.91 Å². The van der Waals surface area contributed by atoms with Crippen molar-refractivity contribution >= 4 is 46.6 Å². The summed E-state index contributed by atoms with van der Waals surface area (Å²) in [5.41, 5.74) is 1.72. The highest BCUT2D eigenvalue weighted by atomic mass is 35.5. The molecule has 0 aliphatic heterocycles. The first-order valence-corrected chi connectivity index (χ1v) is 9.04. The first-order chi connectivity index (χ1) is 11.1. The fourth-order valence-electron chi connectivity index (χ4n) is 1.89. The second kappa shape index (κ2) is 9.06. The van der Waals surface area contributed by atoms with Crippen LogP contribution in [0.4, 0.5) is 5.69 Å². The van der Waals surface area contributed by atoms with Gasteiger partial charge in [-0.1, -0.05) is 29.3 Å². The summed E-state index contributed by atoms with van der Waals surface area (Å²) >= 11 is 13.5. The maximum absolute atomic E-state index is 11.9. The fraction of sp³-hybridized carbons (Fsp3) is 0.235. The molecule has 0 unspecified atom stereocenters. The number of benzene rings is 2. The molecule has 1 amide bonds. The van der Waals surface area contributed by atoms with E-state index in [4.69, 9.17) is 27.9 Å². The fourth-order valence-corrected chi connectivity index (χ4v) is 3.28. The van der Waals surface area contributed by atoms with E-state index in [-0.39, 0.29) is 5.91 Å². The molecule has 0 aliphatic carbocycles. The number of anilines is 1. The van der Waals surface area contributed by atoms with E-state index in [1.54, 1.807) is 12.1 Å². The van der Waals surface area contributed by atoms with E-state index in [1.165, 1.54) is 11.8 Å². The Hall–Kier alpha value is -1.36. The van der Waals surface area contributed by atoms with Gasteiger partial charge in [-0.3, -0.25) is 4.79 Å². The van der Waals surface area contributed by atoms with Crippen molar-refractivity contribution < 1.29 is 9.53 Å². The number of hydrogen-bond donors (Lipinski definition) is 1. The van der Waals surface area contributed by atoms with Crippen LogP contribution in [-0.4, -0.2) is 18.3 Å². The van der Waals surface area contributed by atoms with Crippen molar-refractivity contribution in [1.82, 2.24) is 0 Å². The summed E-state index contributed by atoms with van der Waals surface area (Å²) in [7, 11) is 0. The minimum atomic E-state index is -0.0516. The molecule has 122 valence electrons. The van der Waals surface area contributed by atoms with E-state index in [9.17, 15) is 4.79 Å². The molecular formula is C17H17Cl2NO2S. The molecule has 3 nitrogen and oxygen atoms in total. The van der Waals surface area contributed by atoms with E-state index in [0.29, 0.717) is 28.2 Å². The molecule has 1 N–H and O–H groups in total. The summed E-state index contributed by atoms with van der Waals surface area (Å²) in [6, 6.07) is 12.7. The maximum Gasteiger partial charge on any atom is 0.234 e. The Morgan fingerprint density at radius 1 is 1.17 bits per heavy atom. The Balaban J connectivity index is 1.78. The quantitative estimate of drug-likeness (QED) is 0.722. The third kappa shape index (κ3) is 5.98. The molecule has 2 rings (SSSR count). The SMILES string of the molecule is CCOc1ccc(NC(=O)CSCc2ccc(Cl)cc2Cl)cc1. The number of carbonyl (C=O) groups is 1. The van der Waals surface area contributed by atoms with Gasteiger partial charge >= 0.3 is 0 Å². The van der Waals surface area contributed by atoms with Crippen molar-refractivity contribution in [1.29, 1.82) is 0 Å². The van der Waals surface area contributed by atoms with Crippen molar-refractivity contribution in [3.05, 3.63) is 58.1 Å². The standard InChI is InChI=1S/C17H17Cl2NO2S/c1-2-22-15-7-5-14(6-8-15)20-17(21)11-23-10-12-3-4-13(18)9-16(12)19/h3-9H,2,10-11H2,1H3,(H,20,21). The molecule has 0 fully saturated rings. The van der Waals surface area contributed by atoms with Crippen LogP contribution in [0.3, 0.4) is 0 Å². The third-order valence-corrected chi connectivity index (χ3v) is 4.52. The van der Waals surface area contributed by atoms with Gasteiger partial charge in [0.05, 0.1) is 12.4 Å². The van der Waals surface area contributed by atoms with Gasteiger partial charge in [-0.05, 0) is 48.9 Å². The monoisotopic (exact) mass is 369 g/mol. The van der Waals surface area contributed by atoms with Gasteiger partial charge in [-0.15, -0.1) is 11.8 Å². The number of hydrogen-bond acceptors (Lipinski definition) is 3. The zero-order valence-electron chi connectivity index (χ0n) is 12.6. The van der Waals surface area contributed by atoms with E-state index < -0.39 is 0 Å². The van der Waals surface area contributed by atoms with Crippen LogP contribution in [0.15, 0.2) is 42.5 Å². The van der Waals surface area contributed by atoms with Crippen LogP contribution >= 0.6 is 35.0 Å². The zero-order chi connectivity index (χ0) is 16.7. The van der Waals surface area contributed by atoms with Crippen molar-refractivity contribution in [3.63, 3.8) is 0 Å². The van der Waals surface area contributed by atoms with Crippen LogP contribution in [0.2, 0.25) is 10.0 Å². The summed E-state index contributed by atoms with van der Waals surface area (Å²) < 4.78 is 5.36. The number of thioether (sulfide) groups is 1. The maximum atomic E-state index is 11.9. The molecule has 0 saturated heterocycles. The van der Waals surface area contributed by atoms with E-state index in [1.807, 2.05) is 37.3 Å². The molecule has 0 aromatic heterocycles. The van der Waals surface area contributed by atoms with E-state index >= 15 is 0 Å². The number of ether oxygens (including phenoxy) is 1. The first-order valence-electron chi connectivity index (χ1n) is 7.13. The summed E-state index contributed by atoms with van der Waals surface area (Å²) in [6.45, 7) is 2.55. The molecular weight excluding hydrogens is 353 g/mol. The minimum Gasteiger partial charge on any atom is -0.494 e. The molecule has 0 atom stereocenters. The third-order valence-electron chi connectivity index (χ3n) is 2.95. The predicted molar refractivity (Wildman–Crippen MR) is 98.9 cm³/mol. The van der Waals surface area contributed by atoms with Crippen LogP contribution < -0.4 is 10.1 Å². The molecule has 6 heteroatoms. The molecule has 0 aliphatic rings. The molecule has 0 bridgehead atoms. The van der Waals surface area contributed by atoms with Gasteiger partial charge in [-0.2, -0.15) is 0 Å². The smallest absolute Gasteiger partial charge is 0.234 e. The van der Waals surface area contributed by atoms with Gasteiger partial charge in [-0.25, -0.2) is 0 Å². The summed E-state index contributed by atoms with van der Waals surface area (Å²) in [5, 5.41) is 4.08. The highest BCUT2D eigenvalue weighted by Gasteiger charge is 2.06. The lowest BCUT2D eigenvalue weighted by molar-refractivity contribution is -0.113. The molecule has 0 spiro atoms. The first kappa shape index (κ1) is 18.0. The predicted octanol–water partition coefficient (Wildman–Crippen LogP) is 5.26. The van der Waals surface area contributed by atoms with E-state index in [0.717, 1.165) is 17.0 Å². The Bertz CT molecular complexity index is 662. The normalized spacial score (nSPS) is 10.4. The topological polar surface area (TPSA) is 38.3 Å². The molecule has 0 heterocycles. The van der Waals surface area contributed by atoms with Gasteiger partial charge in [0.15, 0.2) is 0 Å². The lowest BCUT2D eigenvalue weighted by Gasteiger charge is -2.08. The Kier molecular flexibility index (Phi) is 7.09. The van der Waals surface area contributed by atoms with Crippen molar-refractivity contribution in [2.24, 2.45) is 0 Å². The van der Waals surface area contributed by atoms with Crippen LogP contribution in [0.1, 0.15) is 12.5 Å². The van der Waals surface area contributed by atoms with Crippen molar-refractivity contribution in [3.8, 4) is 5.75 Å². The second-order valence-corrected chi connectivity index (χ2v) is 6.56.